The maximum atomic E-state index is 4.44. The summed E-state index contributed by atoms with van der Waals surface area (Å²) < 4.78 is 0. The molecular weight excluding hydrogens is 248 g/mol. The fraction of sp³-hybridized carbons (Fsp3) is 0.769. The molecule has 0 amide bonds. The number of unbranched alkanes of at least 4 members (excludes halogenated alkanes) is 3. The van der Waals surface area contributed by atoms with Crippen LogP contribution in [-0.4, -0.2) is 23.5 Å². The zero-order chi connectivity index (χ0) is 12.5. The van der Waals surface area contributed by atoms with E-state index in [1.807, 2.05) is 23.1 Å². The van der Waals surface area contributed by atoms with E-state index in [1.165, 1.54) is 47.0 Å². The zero-order valence-corrected chi connectivity index (χ0v) is 12.8. The second kappa shape index (κ2) is 8.95. The Morgan fingerprint density at radius 1 is 1.18 bits per heavy atom. The number of hydrogen-bond donors (Lipinski definition) is 1. The predicted octanol–water partition coefficient (Wildman–Crippen LogP) is 3.77. The summed E-state index contributed by atoms with van der Waals surface area (Å²) in [7, 11) is 0. The molecule has 2 nitrogen and oxygen atoms in total. The summed E-state index contributed by atoms with van der Waals surface area (Å²) in [6.45, 7) is 6.30. The third-order valence-electron chi connectivity index (χ3n) is 2.74. The molecule has 17 heavy (non-hydrogen) atoms. The van der Waals surface area contributed by atoms with E-state index >= 15 is 0 Å². The van der Waals surface area contributed by atoms with Crippen molar-refractivity contribution in [2.75, 3.05) is 18.6 Å². The number of thioether (sulfide) groups is 1. The second-order valence-corrected chi connectivity index (χ2v) is 6.60. The lowest BCUT2D eigenvalue weighted by Crippen LogP contribution is -2.14. The van der Waals surface area contributed by atoms with Crippen molar-refractivity contribution in [3.05, 3.63) is 15.6 Å². The van der Waals surface area contributed by atoms with E-state index in [1.54, 1.807) is 0 Å². The van der Waals surface area contributed by atoms with Gasteiger partial charge in [0, 0.05) is 11.4 Å². The highest BCUT2D eigenvalue weighted by Crippen LogP contribution is 2.16. The first-order chi connectivity index (χ1) is 8.24. The van der Waals surface area contributed by atoms with Gasteiger partial charge in [-0.25, -0.2) is 4.98 Å². The number of aryl methyl sites for hydroxylation is 2. The zero-order valence-electron chi connectivity index (χ0n) is 11.2. The van der Waals surface area contributed by atoms with Crippen molar-refractivity contribution >= 4 is 23.1 Å². The van der Waals surface area contributed by atoms with Crippen molar-refractivity contribution in [2.45, 2.75) is 46.1 Å². The van der Waals surface area contributed by atoms with Crippen LogP contribution in [0.2, 0.25) is 0 Å². The first kappa shape index (κ1) is 15.0. The molecule has 4 heteroatoms. The van der Waals surface area contributed by atoms with Gasteiger partial charge >= 0.3 is 0 Å². The number of hydrogen-bond acceptors (Lipinski definition) is 4. The molecule has 1 aromatic heterocycles. The molecule has 0 spiro atoms. The van der Waals surface area contributed by atoms with Gasteiger partial charge in [-0.2, -0.15) is 11.8 Å². The number of thiazole rings is 1. The van der Waals surface area contributed by atoms with Crippen LogP contribution in [0.4, 0.5) is 0 Å². The number of nitrogens with one attached hydrogen (secondary N) is 1. The molecule has 0 saturated heterocycles. The second-order valence-electron chi connectivity index (χ2n) is 4.33. The van der Waals surface area contributed by atoms with Gasteiger partial charge in [0.15, 0.2) is 0 Å². The summed E-state index contributed by atoms with van der Waals surface area (Å²) in [6.07, 6.45) is 7.58. The van der Waals surface area contributed by atoms with Crippen LogP contribution in [0, 0.1) is 13.8 Å². The number of nitrogens with zero attached hydrogens (tertiary/aromatic N) is 1. The highest BCUT2D eigenvalue weighted by Gasteiger charge is 2.03. The fourth-order valence-electron chi connectivity index (χ4n) is 1.79. The summed E-state index contributed by atoms with van der Waals surface area (Å²) in [5.74, 6) is 1.31. The van der Waals surface area contributed by atoms with Gasteiger partial charge in [0.25, 0.3) is 0 Å². The van der Waals surface area contributed by atoms with E-state index < -0.39 is 0 Å². The number of rotatable bonds is 9. The average Bonchev–Trinajstić information content (AvgIpc) is 2.61. The van der Waals surface area contributed by atoms with E-state index in [0.717, 1.165) is 13.1 Å². The Morgan fingerprint density at radius 3 is 2.59 bits per heavy atom. The molecule has 0 radical (unpaired) electrons. The molecule has 98 valence electrons. The van der Waals surface area contributed by atoms with Crippen LogP contribution in [-0.2, 0) is 6.54 Å². The van der Waals surface area contributed by atoms with Gasteiger partial charge in [-0.1, -0.05) is 12.8 Å². The summed E-state index contributed by atoms with van der Waals surface area (Å²) in [5, 5.41) is 4.69. The van der Waals surface area contributed by atoms with E-state index in [2.05, 4.69) is 30.4 Å². The molecule has 1 aromatic rings. The minimum atomic E-state index is 0.988. The highest BCUT2D eigenvalue weighted by molar-refractivity contribution is 7.98. The van der Waals surface area contributed by atoms with E-state index in [-0.39, 0.29) is 0 Å². The maximum Gasteiger partial charge on any atom is 0.0900 e. The van der Waals surface area contributed by atoms with Gasteiger partial charge in [-0.3, -0.25) is 0 Å². The number of aromatic nitrogens is 1. The molecule has 0 aliphatic heterocycles. The Hall–Kier alpha value is -0.0600. The fourth-order valence-corrected chi connectivity index (χ4v) is 3.19. The van der Waals surface area contributed by atoms with Crippen LogP contribution in [0.3, 0.4) is 0 Å². The first-order valence-electron chi connectivity index (χ1n) is 6.36. The Labute approximate surface area is 114 Å². The van der Waals surface area contributed by atoms with Crippen LogP contribution >= 0.6 is 23.1 Å². The standard InChI is InChI=1S/C13H24N2S2/c1-11-13(17-12(2)15-11)10-14-8-6-4-5-7-9-16-3/h14H,4-10H2,1-3H3. The van der Waals surface area contributed by atoms with Crippen molar-refractivity contribution in [1.82, 2.24) is 10.3 Å². The highest BCUT2D eigenvalue weighted by atomic mass is 32.2. The molecule has 0 aliphatic carbocycles. The SMILES string of the molecule is CSCCCCCCNCc1sc(C)nc1C. The Balaban J connectivity index is 1.99. The molecule has 0 aromatic carbocycles. The summed E-state index contributed by atoms with van der Waals surface area (Å²) >= 11 is 3.76. The van der Waals surface area contributed by atoms with E-state index in [4.69, 9.17) is 0 Å². The minimum Gasteiger partial charge on any atom is -0.312 e. The van der Waals surface area contributed by atoms with E-state index in [0.29, 0.717) is 0 Å². The normalized spacial score (nSPS) is 11.0. The predicted molar refractivity (Wildman–Crippen MR) is 80.1 cm³/mol. The summed E-state index contributed by atoms with van der Waals surface area (Å²) in [5.41, 5.74) is 1.19. The Kier molecular flexibility index (Phi) is 7.90. The summed E-state index contributed by atoms with van der Waals surface area (Å²) in [4.78, 5) is 5.83. The molecule has 0 saturated carbocycles. The lowest BCUT2D eigenvalue weighted by molar-refractivity contribution is 0.601. The van der Waals surface area contributed by atoms with Gasteiger partial charge < -0.3 is 5.32 Å². The van der Waals surface area contributed by atoms with Crippen LogP contribution in [0.25, 0.3) is 0 Å². The molecule has 0 bridgehead atoms. The lowest BCUT2D eigenvalue weighted by Gasteiger charge is -2.03. The molecule has 1 rings (SSSR count). The van der Waals surface area contributed by atoms with Gasteiger partial charge in [-0.05, 0) is 45.2 Å². The first-order valence-corrected chi connectivity index (χ1v) is 8.57. The lowest BCUT2D eigenvalue weighted by atomic mass is 10.2. The van der Waals surface area contributed by atoms with Gasteiger partial charge in [0.1, 0.15) is 0 Å². The largest absolute Gasteiger partial charge is 0.312 e. The van der Waals surface area contributed by atoms with Crippen LogP contribution in [0.15, 0.2) is 0 Å². The Morgan fingerprint density at radius 2 is 1.94 bits per heavy atom. The molecule has 0 aliphatic rings. The topological polar surface area (TPSA) is 24.9 Å². The van der Waals surface area contributed by atoms with Crippen molar-refractivity contribution in [1.29, 1.82) is 0 Å². The van der Waals surface area contributed by atoms with Crippen LogP contribution in [0.1, 0.15) is 41.3 Å². The average molecular weight is 272 g/mol. The van der Waals surface area contributed by atoms with Crippen LogP contribution < -0.4 is 5.32 Å². The molecule has 1 N–H and O–H groups in total. The van der Waals surface area contributed by atoms with Crippen molar-refractivity contribution < 1.29 is 0 Å². The molecule has 1 heterocycles. The van der Waals surface area contributed by atoms with Gasteiger partial charge in [-0.15, -0.1) is 11.3 Å². The monoisotopic (exact) mass is 272 g/mol. The Bertz CT molecular complexity index is 310. The van der Waals surface area contributed by atoms with Crippen molar-refractivity contribution in [3.63, 3.8) is 0 Å². The molecular formula is C13H24N2S2. The third kappa shape index (κ3) is 6.43. The molecule has 0 unspecified atom stereocenters. The van der Waals surface area contributed by atoms with Gasteiger partial charge in [0.05, 0.1) is 10.7 Å². The third-order valence-corrected chi connectivity index (χ3v) is 4.51. The van der Waals surface area contributed by atoms with E-state index in [9.17, 15) is 0 Å². The summed E-state index contributed by atoms with van der Waals surface area (Å²) in [6, 6.07) is 0. The smallest absolute Gasteiger partial charge is 0.0900 e. The minimum absolute atomic E-state index is 0.988. The quantitative estimate of drug-likeness (QED) is 0.693. The van der Waals surface area contributed by atoms with Gasteiger partial charge in [0.2, 0.25) is 0 Å². The van der Waals surface area contributed by atoms with Crippen LogP contribution in [0.5, 0.6) is 0 Å². The van der Waals surface area contributed by atoms with Crippen molar-refractivity contribution in [2.24, 2.45) is 0 Å². The molecule has 0 atom stereocenters. The van der Waals surface area contributed by atoms with Crippen molar-refractivity contribution in [3.8, 4) is 0 Å². The maximum absolute atomic E-state index is 4.44. The molecule has 0 fully saturated rings.